The van der Waals surface area contributed by atoms with E-state index in [9.17, 15) is 24.2 Å². The van der Waals surface area contributed by atoms with E-state index in [0.29, 0.717) is 34.1 Å². The smallest absolute Gasteiger partial charge is 0.305 e. The Balaban J connectivity index is 1.24. The number of carboxylic acid groups (broad SMARTS) is 1. The monoisotopic (exact) mass is 700 g/mol. The molecule has 4 aromatic rings. The average Bonchev–Trinajstić information content (AvgIpc) is 3.84. The lowest BCUT2D eigenvalue weighted by Gasteiger charge is -2.20. The Bertz CT molecular complexity index is 1950. The van der Waals surface area contributed by atoms with Gasteiger partial charge in [0.25, 0.3) is 5.56 Å². The number of hydrogen-bond donors (Lipinski definition) is 5. The van der Waals surface area contributed by atoms with Crippen LogP contribution in [0.2, 0.25) is 0 Å². The first-order valence-corrected chi connectivity index (χ1v) is 17.3. The summed E-state index contributed by atoms with van der Waals surface area (Å²) in [5.41, 5.74) is 2.79. The normalized spacial score (nSPS) is 18.6. The molecule has 0 aliphatic heterocycles. The van der Waals surface area contributed by atoms with E-state index in [1.807, 2.05) is 26.2 Å². The van der Waals surface area contributed by atoms with Gasteiger partial charge in [0.05, 0.1) is 30.5 Å². The molecular formula is C38H42F2N6O5. The van der Waals surface area contributed by atoms with E-state index in [1.165, 1.54) is 59.6 Å². The van der Waals surface area contributed by atoms with Crippen LogP contribution in [0.1, 0.15) is 87.3 Å². The van der Waals surface area contributed by atoms with Crippen molar-refractivity contribution in [3.05, 3.63) is 99.9 Å². The van der Waals surface area contributed by atoms with Crippen molar-refractivity contribution >= 4 is 23.8 Å². The van der Waals surface area contributed by atoms with Crippen LogP contribution >= 0.6 is 0 Å². The zero-order valence-electron chi connectivity index (χ0n) is 28.5. The number of halogens is 2. The molecule has 1 aromatic carbocycles. The third kappa shape index (κ3) is 8.84. The van der Waals surface area contributed by atoms with Gasteiger partial charge in [-0.15, -0.1) is 0 Å². The van der Waals surface area contributed by atoms with Gasteiger partial charge in [0.15, 0.2) is 11.6 Å². The molecule has 2 aliphatic rings. The molecule has 4 atom stereocenters. The number of pyridine rings is 2. The second kappa shape index (κ2) is 15.5. The molecule has 0 spiro atoms. The van der Waals surface area contributed by atoms with Crippen LogP contribution in [0, 0.1) is 11.6 Å². The predicted molar refractivity (Wildman–Crippen MR) is 190 cm³/mol. The molecule has 2 saturated carbocycles. The molecule has 0 radical (unpaired) electrons. The second-order valence-electron chi connectivity index (χ2n) is 13.8. The molecule has 0 saturated heterocycles. The molecule has 51 heavy (non-hydrogen) atoms. The molecule has 2 aliphatic carbocycles. The highest BCUT2D eigenvalue weighted by Crippen LogP contribution is 2.39. The van der Waals surface area contributed by atoms with Crippen LogP contribution < -0.4 is 16.2 Å². The van der Waals surface area contributed by atoms with Crippen molar-refractivity contribution in [1.29, 1.82) is 0 Å². The number of carbonyl (C=O) groups is 1. The largest absolute Gasteiger partial charge is 0.481 e. The lowest BCUT2D eigenvalue weighted by atomic mass is 9.91. The van der Waals surface area contributed by atoms with E-state index in [0.717, 1.165) is 19.3 Å². The summed E-state index contributed by atoms with van der Waals surface area (Å²) >= 11 is 0. The number of carboxylic acids is 1. The van der Waals surface area contributed by atoms with E-state index in [1.54, 1.807) is 18.2 Å². The van der Waals surface area contributed by atoms with Gasteiger partial charge < -0.3 is 26.0 Å². The highest BCUT2D eigenvalue weighted by molar-refractivity contribution is 5.77. The molecule has 11 nitrogen and oxygen atoms in total. The number of hydrogen-bond acceptors (Lipinski definition) is 9. The van der Waals surface area contributed by atoms with Crippen molar-refractivity contribution in [1.82, 2.24) is 19.5 Å². The van der Waals surface area contributed by atoms with Crippen LogP contribution in [0.15, 0.2) is 66.0 Å². The zero-order valence-corrected chi connectivity index (χ0v) is 28.5. The Labute approximate surface area is 294 Å². The third-order valence-electron chi connectivity index (χ3n) is 9.36. The SMILES string of the molecule is CC(C)c1c(/C=C/[C@@H](O)C[C@@H](O)CC(=O)O)c(-c2ccc(F)cc2)cn(-c2cnc(N[C@H]3CC[C@H](Nc4ncc(C5CC5)cn4)C3)c(F)c2)c1=O. The standard InChI is InChI=1S/C38H42F2N6O5/c1-21(2)35-31(12-11-29(47)15-30(48)16-34(49)50)32(23-5-7-25(39)8-6-23)20-46(37(35)51)28-14-33(40)36(41-19-28)44-26-9-10-27(13-26)45-38-42-17-24(18-43-38)22-3-4-22/h5-8,11-12,14,17-22,26-27,29-30,47-48H,3-4,9-10,13,15-16H2,1-2H3,(H,41,44)(H,49,50)(H,42,43,45)/b12-11+/t26-,27-,29+,30+/m0/s1. The molecule has 0 amide bonds. The first kappa shape index (κ1) is 35.8. The number of benzene rings is 1. The summed E-state index contributed by atoms with van der Waals surface area (Å²) in [4.78, 5) is 38.3. The van der Waals surface area contributed by atoms with Crippen molar-refractivity contribution in [3.8, 4) is 16.8 Å². The fraction of sp³-hybridized carbons (Fsp3) is 0.395. The van der Waals surface area contributed by atoms with Gasteiger partial charge in [0.1, 0.15) is 5.82 Å². The van der Waals surface area contributed by atoms with E-state index in [2.05, 4.69) is 25.6 Å². The lowest BCUT2D eigenvalue weighted by molar-refractivity contribution is -0.139. The number of aromatic nitrogens is 4. The van der Waals surface area contributed by atoms with Gasteiger partial charge in [-0.2, -0.15) is 0 Å². The highest BCUT2D eigenvalue weighted by Gasteiger charge is 2.28. The minimum absolute atomic E-state index is 0.0342. The molecule has 6 rings (SSSR count). The quantitative estimate of drug-likeness (QED) is 0.105. The van der Waals surface area contributed by atoms with Crippen LogP contribution in [-0.2, 0) is 4.79 Å². The summed E-state index contributed by atoms with van der Waals surface area (Å²) in [7, 11) is 0. The van der Waals surface area contributed by atoms with Crippen LogP contribution in [0.3, 0.4) is 0 Å². The van der Waals surface area contributed by atoms with Gasteiger partial charge in [-0.25, -0.2) is 23.7 Å². The maximum atomic E-state index is 15.7. The Morgan fingerprint density at radius 3 is 2.31 bits per heavy atom. The summed E-state index contributed by atoms with van der Waals surface area (Å²) in [6, 6.07) is 7.02. The Kier molecular flexibility index (Phi) is 10.9. The third-order valence-corrected chi connectivity index (χ3v) is 9.36. The van der Waals surface area contributed by atoms with Crippen LogP contribution in [0.5, 0.6) is 0 Å². The van der Waals surface area contributed by atoms with Crippen molar-refractivity contribution in [2.45, 2.75) is 94.9 Å². The fourth-order valence-electron chi connectivity index (χ4n) is 6.61. The summed E-state index contributed by atoms with van der Waals surface area (Å²) in [5.74, 6) is -1.37. The molecule has 0 unspecified atom stereocenters. The maximum absolute atomic E-state index is 15.7. The Morgan fingerprint density at radius 1 is 1.00 bits per heavy atom. The molecule has 5 N–H and O–H groups in total. The van der Waals surface area contributed by atoms with Gasteiger partial charge in [-0.3, -0.25) is 14.2 Å². The summed E-state index contributed by atoms with van der Waals surface area (Å²) in [5, 5.41) is 36.1. The van der Waals surface area contributed by atoms with Crippen molar-refractivity contribution in [3.63, 3.8) is 0 Å². The number of rotatable bonds is 14. The highest BCUT2D eigenvalue weighted by atomic mass is 19.1. The summed E-state index contributed by atoms with van der Waals surface area (Å²) in [6.07, 6.45) is 11.1. The molecule has 3 heterocycles. The molecule has 0 bridgehead atoms. The number of nitrogens with one attached hydrogen (secondary N) is 2. The Morgan fingerprint density at radius 2 is 1.69 bits per heavy atom. The van der Waals surface area contributed by atoms with Crippen molar-refractivity contribution in [2.24, 2.45) is 0 Å². The van der Waals surface area contributed by atoms with Crippen LogP contribution in [0.4, 0.5) is 20.5 Å². The molecule has 268 valence electrons. The number of nitrogens with zero attached hydrogens (tertiary/aromatic N) is 4. The van der Waals surface area contributed by atoms with Gasteiger partial charge in [0.2, 0.25) is 5.95 Å². The van der Waals surface area contributed by atoms with Crippen molar-refractivity contribution in [2.75, 3.05) is 10.6 Å². The first-order chi connectivity index (χ1) is 24.4. The summed E-state index contributed by atoms with van der Waals surface area (Å²) < 4.78 is 30.9. The number of aliphatic carboxylic acids is 1. The lowest BCUT2D eigenvalue weighted by Crippen LogP contribution is -2.26. The zero-order chi connectivity index (χ0) is 36.2. The average molecular weight is 701 g/mol. The van der Waals surface area contributed by atoms with Gasteiger partial charge in [-0.05, 0) is 72.8 Å². The maximum Gasteiger partial charge on any atom is 0.305 e. The number of aliphatic hydroxyl groups excluding tert-OH is 2. The second-order valence-corrected chi connectivity index (χ2v) is 13.8. The van der Waals surface area contributed by atoms with E-state index in [4.69, 9.17) is 5.11 Å². The minimum atomic E-state index is -1.27. The molecule has 2 fully saturated rings. The van der Waals surface area contributed by atoms with E-state index >= 15 is 4.39 Å². The van der Waals surface area contributed by atoms with Gasteiger partial charge >= 0.3 is 5.97 Å². The van der Waals surface area contributed by atoms with E-state index in [-0.39, 0.29) is 35.9 Å². The number of anilines is 2. The fourth-order valence-corrected chi connectivity index (χ4v) is 6.61. The molecular weight excluding hydrogens is 658 g/mol. The molecule has 13 heteroatoms. The Hall–Kier alpha value is -5.01. The number of aliphatic hydroxyl groups is 2. The predicted octanol–water partition coefficient (Wildman–Crippen LogP) is 6.01. The van der Waals surface area contributed by atoms with Crippen molar-refractivity contribution < 1.29 is 28.9 Å². The first-order valence-electron chi connectivity index (χ1n) is 17.3. The summed E-state index contributed by atoms with van der Waals surface area (Å²) in [6.45, 7) is 3.65. The van der Waals surface area contributed by atoms with E-state index < -0.39 is 41.8 Å². The van der Waals surface area contributed by atoms with Crippen LogP contribution in [0.25, 0.3) is 22.9 Å². The topological polar surface area (TPSA) is 162 Å². The minimum Gasteiger partial charge on any atom is -0.481 e. The van der Waals surface area contributed by atoms with Gasteiger partial charge in [-0.1, -0.05) is 38.1 Å². The van der Waals surface area contributed by atoms with Crippen LogP contribution in [-0.4, -0.2) is 65.1 Å². The molecule has 3 aromatic heterocycles. The van der Waals surface area contributed by atoms with Gasteiger partial charge in [0, 0.05) is 54.3 Å².